The molecule has 6 atom stereocenters. The van der Waals surface area contributed by atoms with Gasteiger partial charge in [0.15, 0.2) is 24.6 Å². The average molecular weight is 1080 g/mol. The highest BCUT2D eigenvalue weighted by Crippen LogP contribution is 2.26. The second kappa shape index (κ2) is 52.6. The van der Waals surface area contributed by atoms with Gasteiger partial charge in [0.2, 0.25) is 0 Å². The van der Waals surface area contributed by atoms with Crippen molar-refractivity contribution in [1.29, 1.82) is 0 Å². The van der Waals surface area contributed by atoms with E-state index < -0.39 is 67.3 Å². The predicted molar refractivity (Wildman–Crippen MR) is 312 cm³/mol. The smallest absolute Gasteiger partial charge is 0.335 e. The number of unbranched alkanes of at least 4 members (excludes halogenated alkanes) is 23. The minimum atomic E-state index is -1.91. The van der Waals surface area contributed by atoms with Gasteiger partial charge in [0, 0.05) is 19.3 Å². The molecule has 0 radical (unpaired) electrons. The van der Waals surface area contributed by atoms with E-state index in [1.165, 1.54) is 38.5 Å². The third-order valence-corrected chi connectivity index (χ3v) is 13.4. The van der Waals surface area contributed by atoms with E-state index in [0.29, 0.717) is 19.3 Å². The van der Waals surface area contributed by atoms with Crippen LogP contribution in [0.15, 0.2) is 85.1 Å². The fourth-order valence-corrected chi connectivity index (χ4v) is 8.72. The molecule has 0 aromatic heterocycles. The van der Waals surface area contributed by atoms with Gasteiger partial charge in [0.25, 0.3) is 0 Å². The summed E-state index contributed by atoms with van der Waals surface area (Å²) in [6, 6.07) is 0. The van der Waals surface area contributed by atoms with Crippen molar-refractivity contribution < 1.29 is 58.2 Å². The molecule has 0 spiro atoms. The van der Waals surface area contributed by atoms with Crippen LogP contribution in [0.2, 0.25) is 0 Å². The maximum Gasteiger partial charge on any atom is 0.335 e. The van der Waals surface area contributed by atoms with Crippen molar-refractivity contribution in [2.24, 2.45) is 0 Å². The number of rotatable bonds is 51. The molecular weight excluding hydrogens is 973 g/mol. The summed E-state index contributed by atoms with van der Waals surface area (Å²) in [7, 11) is 0. The zero-order valence-electron chi connectivity index (χ0n) is 48.4. The number of hydrogen-bond acceptors (Lipinski definition) is 11. The second-order valence-electron chi connectivity index (χ2n) is 20.6. The van der Waals surface area contributed by atoms with Gasteiger partial charge in [-0.2, -0.15) is 0 Å². The predicted octanol–water partition coefficient (Wildman–Crippen LogP) is 15.9. The van der Waals surface area contributed by atoms with Gasteiger partial charge in [0.1, 0.15) is 18.8 Å². The van der Waals surface area contributed by atoms with Crippen molar-refractivity contribution in [1.82, 2.24) is 0 Å². The molecule has 440 valence electrons. The lowest BCUT2D eigenvalue weighted by molar-refractivity contribution is -0.301. The summed E-state index contributed by atoms with van der Waals surface area (Å²) in [4.78, 5) is 51.2. The number of ether oxygens (including phenoxy) is 5. The molecule has 1 aliphatic heterocycles. The van der Waals surface area contributed by atoms with Gasteiger partial charge in [-0.15, -0.1) is 0 Å². The minimum absolute atomic E-state index is 0.0447. The molecule has 0 aromatic carbocycles. The monoisotopic (exact) mass is 1080 g/mol. The van der Waals surface area contributed by atoms with E-state index in [0.717, 1.165) is 154 Å². The molecule has 1 heterocycles. The Morgan fingerprint density at radius 3 is 1.30 bits per heavy atom. The van der Waals surface area contributed by atoms with Gasteiger partial charge in [-0.3, -0.25) is 14.4 Å². The summed E-state index contributed by atoms with van der Waals surface area (Å²) < 4.78 is 28.4. The Bertz CT molecular complexity index is 1660. The molecule has 6 unspecified atom stereocenters. The molecule has 0 amide bonds. The van der Waals surface area contributed by atoms with Gasteiger partial charge in [-0.1, -0.05) is 209 Å². The van der Waals surface area contributed by atoms with Crippen molar-refractivity contribution in [3.8, 4) is 0 Å². The van der Waals surface area contributed by atoms with E-state index in [-0.39, 0.29) is 25.9 Å². The maximum absolute atomic E-state index is 13.2. The first-order chi connectivity index (χ1) is 37.6. The topological polar surface area (TPSA) is 175 Å². The maximum atomic E-state index is 13.2. The van der Waals surface area contributed by atoms with E-state index in [2.05, 4.69) is 106 Å². The Kier molecular flexibility index (Phi) is 48.4. The van der Waals surface area contributed by atoms with Crippen LogP contribution in [0.1, 0.15) is 252 Å². The van der Waals surface area contributed by atoms with Gasteiger partial charge in [-0.05, 0) is 109 Å². The normalized spacial score (nSPS) is 18.6. The molecule has 12 nitrogen and oxygen atoms in total. The van der Waals surface area contributed by atoms with Crippen molar-refractivity contribution in [2.45, 2.75) is 289 Å². The van der Waals surface area contributed by atoms with Crippen LogP contribution < -0.4 is 0 Å². The number of esters is 3. The molecule has 12 heteroatoms. The number of aliphatic hydroxyl groups is 2. The number of allylic oxidation sites excluding steroid dienone is 14. The number of carboxylic acid groups (broad SMARTS) is 1. The van der Waals surface area contributed by atoms with Crippen molar-refractivity contribution >= 4 is 23.9 Å². The highest BCUT2D eigenvalue weighted by molar-refractivity contribution is 5.74. The van der Waals surface area contributed by atoms with Crippen LogP contribution in [0.4, 0.5) is 0 Å². The molecule has 1 rings (SSSR count). The van der Waals surface area contributed by atoms with Crippen LogP contribution in [-0.4, -0.2) is 89.2 Å². The van der Waals surface area contributed by atoms with Crippen molar-refractivity contribution in [3.63, 3.8) is 0 Å². The lowest BCUT2D eigenvalue weighted by atomic mass is 9.98. The molecule has 0 saturated carbocycles. The number of aliphatic carboxylic acids is 1. The third-order valence-electron chi connectivity index (χ3n) is 13.4. The lowest BCUT2D eigenvalue weighted by Gasteiger charge is -2.40. The van der Waals surface area contributed by atoms with Crippen LogP contribution in [0.25, 0.3) is 0 Å². The zero-order valence-corrected chi connectivity index (χ0v) is 48.4. The summed E-state index contributed by atoms with van der Waals surface area (Å²) in [5.41, 5.74) is 0. The molecule has 0 aromatic rings. The van der Waals surface area contributed by atoms with Crippen LogP contribution in [0, 0.1) is 0 Å². The first-order valence-corrected chi connectivity index (χ1v) is 30.6. The Morgan fingerprint density at radius 2 is 0.831 bits per heavy atom. The highest BCUT2D eigenvalue weighted by atomic mass is 16.7. The molecule has 1 saturated heterocycles. The van der Waals surface area contributed by atoms with E-state index in [1.54, 1.807) is 0 Å². The molecule has 3 N–H and O–H groups in total. The Labute approximate surface area is 467 Å². The summed E-state index contributed by atoms with van der Waals surface area (Å²) in [6.07, 6.45) is 55.5. The third kappa shape index (κ3) is 42.5. The average Bonchev–Trinajstić information content (AvgIpc) is 3.42. The van der Waals surface area contributed by atoms with Crippen molar-refractivity contribution in [2.75, 3.05) is 13.2 Å². The van der Waals surface area contributed by atoms with E-state index in [4.69, 9.17) is 23.7 Å². The van der Waals surface area contributed by atoms with Crippen LogP contribution in [0.3, 0.4) is 0 Å². The Hall–Kier alpha value is -4.10. The molecule has 77 heavy (non-hydrogen) atoms. The molecule has 1 fully saturated rings. The summed E-state index contributed by atoms with van der Waals surface area (Å²) >= 11 is 0. The standard InChI is InChI=1S/C65H108O12/c1-4-7-10-13-16-19-22-24-26-28-29-31-32-34-37-39-42-45-48-51-57(66)73-54-56(75-58(67)52-49-46-43-41-38-35-33-30-27-25-23-20-17-14-11-8-5-2)55-74-65-63(61(70)60(69)62(77-65)64(71)72)76-59(68)53-50-47-44-40-36-21-18-15-12-9-6-3/h8,11,15-20,24-27,29,31,56,60-63,65,69-70H,4-7,9-10,12-14,21-23,28,30,32-55H2,1-3H3,(H,71,72)/b11-8-,18-15-,19-16-,20-17-,26-24-,27-25-,31-29-. The number of carboxylic acids is 1. The first-order valence-electron chi connectivity index (χ1n) is 30.6. The Morgan fingerprint density at radius 1 is 0.442 bits per heavy atom. The summed E-state index contributed by atoms with van der Waals surface area (Å²) in [5.74, 6) is -3.16. The Balaban J connectivity index is 2.69. The number of aliphatic hydroxyl groups excluding tert-OH is 2. The quantitative estimate of drug-likeness (QED) is 0.0228. The first kappa shape index (κ1) is 70.9. The molecular formula is C65H108O12. The van der Waals surface area contributed by atoms with E-state index in [1.807, 2.05) is 0 Å². The summed E-state index contributed by atoms with van der Waals surface area (Å²) in [6.45, 7) is 5.79. The van der Waals surface area contributed by atoms with Gasteiger partial charge in [0.05, 0.1) is 6.61 Å². The highest BCUT2D eigenvalue weighted by Gasteiger charge is 2.50. The summed E-state index contributed by atoms with van der Waals surface area (Å²) in [5, 5.41) is 31.5. The van der Waals surface area contributed by atoms with Gasteiger partial charge in [-0.25, -0.2) is 4.79 Å². The SMILES string of the molecule is CC/C=C\C/C=C\C/C=C\CCCCCCCCCC(=O)OC(COC(=O)CCCCCCCC/C=C\C/C=C\C/C=C\CCCCC)COC1OC(C(=O)O)C(O)C(O)C1OC(=O)CCCCCCC/C=C\CCCC. The zero-order chi connectivity index (χ0) is 56.1. The van der Waals surface area contributed by atoms with Gasteiger partial charge < -0.3 is 39.0 Å². The fourth-order valence-electron chi connectivity index (χ4n) is 8.72. The van der Waals surface area contributed by atoms with Crippen LogP contribution >= 0.6 is 0 Å². The molecule has 0 aliphatic carbocycles. The van der Waals surface area contributed by atoms with E-state index >= 15 is 0 Å². The van der Waals surface area contributed by atoms with Gasteiger partial charge >= 0.3 is 23.9 Å². The minimum Gasteiger partial charge on any atom is -0.479 e. The fraction of sp³-hybridized carbons (Fsp3) is 0.723. The van der Waals surface area contributed by atoms with Crippen LogP contribution in [-0.2, 0) is 42.9 Å². The number of carbonyl (C=O) groups is 4. The number of hydrogen-bond donors (Lipinski definition) is 3. The second-order valence-corrected chi connectivity index (χ2v) is 20.6. The lowest BCUT2D eigenvalue weighted by Crippen LogP contribution is -2.61. The van der Waals surface area contributed by atoms with Crippen molar-refractivity contribution in [3.05, 3.63) is 85.1 Å². The van der Waals surface area contributed by atoms with E-state index in [9.17, 15) is 34.5 Å². The van der Waals surface area contributed by atoms with Crippen LogP contribution in [0.5, 0.6) is 0 Å². The largest absolute Gasteiger partial charge is 0.479 e. The number of carbonyl (C=O) groups excluding carboxylic acids is 3. The molecule has 1 aliphatic rings. The molecule has 0 bridgehead atoms.